The van der Waals surface area contributed by atoms with Gasteiger partial charge in [0.1, 0.15) is 17.5 Å². The third-order valence-corrected chi connectivity index (χ3v) is 10.3. The molecule has 1 fully saturated rings. The molecule has 1 aliphatic rings. The fraction of sp³-hybridized carbons (Fsp3) is 0.652. The van der Waals surface area contributed by atoms with E-state index in [1.165, 1.54) is 28.0 Å². The Kier molecular flexibility index (Phi) is 8.19. The standard InChI is InChI=1S/C23H37FN2O6Si/c1-22(2,3)32-21(29)25(11-12-30-33(7,8)23(4,5)6)19-10-9-16(13-18(19)24)26-14-17(15-27)31-20(26)28/h9-10,13,17,27H,11-12,14-15H2,1-8H3/t17-/m1/s1. The van der Waals surface area contributed by atoms with E-state index in [1.807, 2.05) is 0 Å². The first-order valence-corrected chi connectivity index (χ1v) is 14.0. The molecule has 0 radical (unpaired) electrons. The molecule has 1 aliphatic heterocycles. The minimum Gasteiger partial charge on any atom is -0.443 e. The van der Waals surface area contributed by atoms with Gasteiger partial charge in [0.05, 0.1) is 37.7 Å². The number of aliphatic hydroxyl groups is 1. The quantitative estimate of drug-likeness (QED) is 0.554. The summed E-state index contributed by atoms with van der Waals surface area (Å²) in [5, 5.41) is 9.21. The van der Waals surface area contributed by atoms with Crippen molar-refractivity contribution in [2.45, 2.75) is 71.4 Å². The number of nitrogens with zero attached hydrogens (tertiary/aromatic N) is 2. The van der Waals surface area contributed by atoms with Gasteiger partial charge in [0, 0.05) is 0 Å². The van der Waals surface area contributed by atoms with Crippen molar-refractivity contribution in [1.29, 1.82) is 0 Å². The molecule has 0 saturated carbocycles. The lowest BCUT2D eigenvalue weighted by atomic mass is 10.2. The van der Waals surface area contributed by atoms with Crippen molar-refractivity contribution in [3.8, 4) is 0 Å². The van der Waals surface area contributed by atoms with Gasteiger partial charge in [0.15, 0.2) is 8.32 Å². The highest BCUT2D eigenvalue weighted by atomic mass is 28.4. The maximum Gasteiger partial charge on any atom is 0.414 e. The molecule has 8 nitrogen and oxygen atoms in total. The van der Waals surface area contributed by atoms with Gasteiger partial charge in [-0.2, -0.15) is 0 Å². The van der Waals surface area contributed by atoms with Gasteiger partial charge in [0.25, 0.3) is 0 Å². The van der Waals surface area contributed by atoms with Gasteiger partial charge in [-0.05, 0) is 57.1 Å². The smallest absolute Gasteiger partial charge is 0.414 e. The second-order valence-electron chi connectivity index (χ2n) is 10.7. The van der Waals surface area contributed by atoms with E-state index in [1.54, 1.807) is 20.8 Å². The van der Waals surface area contributed by atoms with Crippen LogP contribution < -0.4 is 9.80 Å². The van der Waals surface area contributed by atoms with Crippen molar-refractivity contribution < 1.29 is 33.0 Å². The second-order valence-corrected chi connectivity index (χ2v) is 15.5. The van der Waals surface area contributed by atoms with E-state index in [9.17, 15) is 14.7 Å². The number of rotatable bonds is 7. The molecule has 2 rings (SSSR count). The van der Waals surface area contributed by atoms with Crippen LogP contribution >= 0.6 is 0 Å². The number of cyclic esters (lactones) is 1. The van der Waals surface area contributed by atoms with Crippen molar-refractivity contribution in [1.82, 2.24) is 0 Å². The Morgan fingerprint density at radius 1 is 1.27 bits per heavy atom. The Hall–Kier alpha value is -2.17. The number of benzene rings is 1. The van der Waals surface area contributed by atoms with Crippen molar-refractivity contribution in [2.75, 3.05) is 36.1 Å². The zero-order chi connectivity index (χ0) is 25.2. The molecule has 0 aliphatic carbocycles. The van der Waals surface area contributed by atoms with E-state index in [0.717, 1.165) is 0 Å². The summed E-state index contributed by atoms with van der Waals surface area (Å²) in [4.78, 5) is 27.4. The van der Waals surface area contributed by atoms with E-state index in [-0.39, 0.29) is 42.7 Å². The number of anilines is 2. The molecule has 1 saturated heterocycles. The Labute approximate surface area is 196 Å². The number of hydrogen-bond donors (Lipinski definition) is 1. The van der Waals surface area contributed by atoms with Crippen molar-refractivity contribution >= 4 is 31.9 Å². The molecule has 1 atom stereocenters. The Morgan fingerprint density at radius 3 is 2.39 bits per heavy atom. The van der Waals surface area contributed by atoms with Crippen LogP contribution in [0.1, 0.15) is 41.5 Å². The molecular formula is C23H37FN2O6Si. The van der Waals surface area contributed by atoms with E-state index in [0.29, 0.717) is 0 Å². The van der Waals surface area contributed by atoms with E-state index in [2.05, 4.69) is 33.9 Å². The van der Waals surface area contributed by atoms with E-state index in [4.69, 9.17) is 13.9 Å². The summed E-state index contributed by atoms with van der Waals surface area (Å²) in [6.45, 7) is 15.9. The average molecular weight is 485 g/mol. The number of hydrogen-bond acceptors (Lipinski definition) is 6. The van der Waals surface area contributed by atoms with Gasteiger partial charge in [-0.1, -0.05) is 20.8 Å². The topological polar surface area (TPSA) is 88.5 Å². The second kappa shape index (κ2) is 9.98. The lowest BCUT2D eigenvalue weighted by Crippen LogP contribution is -2.44. The van der Waals surface area contributed by atoms with Crippen molar-refractivity contribution in [2.24, 2.45) is 0 Å². The van der Waals surface area contributed by atoms with E-state index < -0.39 is 38.0 Å². The molecule has 0 aromatic heterocycles. The van der Waals surface area contributed by atoms with Crippen LogP contribution in [0, 0.1) is 5.82 Å². The van der Waals surface area contributed by atoms with Gasteiger partial charge < -0.3 is 19.0 Å². The SMILES string of the molecule is CC(C)(C)OC(=O)N(CCO[Si](C)(C)C(C)(C)C)c1ccc(N2C[C@H](CO)OC2=O)cc1F. The van der Waals surface area contributed by atoms with Crippen LogP contribution in [0.25, 0.3) is 0 Å². The molecule has 0 bridgehead atoms. The zero-order valence-corrected chi connectivity index (χ0v) is 21.9. The number of halogens is 1. The molecule has 186 valence electrons. The lowest BCUT2D eigenvalue weighted by Gasteiger charge is -2.37. The third kappa shape index (κ3) is 6.91. The summed E-state index contributed by atoms with van der Waals surface area (Å²) >= 11 is 0. The highest BCUT2D eigenvalue weighted by Gasteiger charge is 2.38. The summed E-state index contributed by atoms with van der Waals surface area (Å²) < 4.78 is 31.9. The molecular weight excluding hydrogens is 447 g/mol. The number of aliphatic hydroxyl groups excluding tert-OH is 1. The maximum absolute atomic E-state index is 15.2. The van der Waals surface area contributed by atoms with Gasteiger partial charge >= 0.3 is 12.2 Å². The van der Waals surface area contributed by atoms with E-state index >= 15 is 4.39 Å². The zero-order valence-electron chi connectivity index (χ0n) is 20.9. The molecule has 1 aromatic carbocycles. The molecule has 33 heavy (non-hydrogen) atoms. The summed E-state index contributed by atoms with van der Waals surface area (Å²) in [7, 11) is -2.06. The molecule has 1 N–H and O–H groups in total. The minimum absolute atomic E-state index is 0.00654. The predicted octanol–water partition coefficient (Wildman–Crippen LogP) is 4.91. The van der Waals surface area contributed by atoms with Crippen LogP contribution in [-0.2, 0) is 13.9 Å². The normalized spacial score (nSPS) is 17.2. The summed E-state index contributed by atoms with van der Waals surface area (Å²) in [5.41, 5.74) is -0.457. The van der Waals surface area contributed by atoms with Crippen molar-refractivity contribution in [3.05, 3.63) is 24.0 Å². The van der Waals surface area contributed by atoms with Gasteiger partial charge in [-0.25, -0.2) is 14.0 Å². The fourth-order valence-electron chi connectivity index (χ4n) is 2.95. The number of carbonyl (C=O) groups is 2. The van der Waals surface area contributed by atoms with Crippen LogP contribution in [-0.4, -0.2) is 63.6 Å². The van der Waals surface area contributed by atoms with Gasteiger partial charge in [0.2, 0.25) is 0 Å². The Balaban J connectivity index is 2.27. The number of carbonyl (C=O) groups excluding carboxylic acids is 2. The summed E-state index contributed by atoms with van der Waals surface area (Å²) in [5.74, 6) is -0.689. The summed E-state index contributed by atoms with van der Waals surface area (Å²) in [6, 6.07) is 4.13. The van der Waals surface area contributed by atoms with Crippen LogP contribution in [0.5, 0.6) is 0 Å². The highest BCUT2D eigenvalue weighted by Crippen LogP contribution is 2.36. The van der Waals surface area contributed by atoms with Gasteiger partial charge in [-0.3, -0.25) is 9.80 Å². The molecule has 0 unspecified atom stereocenters. The first-order chi connectivity index (χ1) is 15.1. The summed E-state index contributed by atoms with van der Waals surface area (Å²) in [6.07, 6.45) is -2.01. The van der Waals surface area contributed by atoms with Crippen LogP contribution in [0.2, 0.25) is 18.1 Å². The number of amides is 2. The highest BCUT2D eigenvalue weighted by molar-refractivity contribution is 6.74. The molecule has 2 amide bonds. The van der Waals surface area contributed by atoms with Crippen molar-refractivity contribution in [3.63, 3.8) is 0 Å². The largest absolute Gasteiger partial charge is 0.443 e. The fourth-order valence-corrected chi connectivity index (χ4v) is 3.98. The van der Waals surface area contributed by atoms with Crippen LogP contribution in [0.4, 0.5) is 25.4 Å². The van der Waals surface area contributed by atoms with Crippen LogP contribution in [0.15, 0.2) is 18.2 Å². The first kappa shape index (κ1) is 27.1. The predicted molar refractivity (Wildman–Crippen MR) is 128 cm³/mol. The Morgan fingerprint density at radius 2 is 1.91 bits per heavy atom. The third-order valence-electron chi connectivity index (χ3n) is 5.81. The monoisotopic (exact) mass is 484 g/mol. The molecule has 1 heterocycles. The van der Waals surface area contributed by atoms with Gasteiger partial charge in [-0.15, -0.1) is 0 Å². The lowest BCUT2D eigenvalue weighted by molar-refractivity contribution is 0.0573. The molecule has 1 aromatic rings. The maximum atomic E-state index is 15.2. The molecule has 10 heteroatoms. The average Bonchev–Trinajstić information content (AvgIpc) is 3.04. The Bertz CT molecular complexity index is 865. The minimum atomic E-state index is -2.06. The van der Waals surface area contributed by atoms with Crippen LogP contribution in [0.3, 0.4) is 0 Å². The first-order valence-electron chi connectivity index (χ1n) is 11.1. The molecule has 0 spiro atoms. The number of ether oxygens (including phenoxy) is 2.